The lowest BCUT2D eigenvalue weighted by Crippen LogP contribution is -2.23. The van der Waals surface area contributed by atoms with E-state index in [9.17, 15) is 17.6 Å². The molecule has 1 nitrogen and oxygen atoms in total. The number of alkyl halides is 2. The number of ether oxygens (including phenoxy) is 1. The van der Waals surface area contributed by atoms with Gasteiger partial charge in [0.15, 0.2) is 0 Å². The van der Waals surface area contributed by atoms with Crippen LogP contribution in [0.25, 0.3) is 33.4 Å². The minimum absolute atomic E-state index is 0.0320. The van der Waals surface area contributed by atoms with Crippen LogP contribution in [0.15, 0.2) is 97.1 Å². The Balaban J connectivity index is 1.28. The number of halogens is 7. The van der Waals surface area contributed by atoms with E-state index in [1.165, 1.54) is 48.0 Å². The maximum absolute atomic E-state index is 15.0. The topological polar surface area (TPSA) is 9.23 Å². The second kappa shape index (κ2) is 13.2. The van der Waals surface area contributed by atoms with Crippen LogP contribution in [0.4, 0.5) is 26.3 Å². The first-order valence-corrected chi connectivity index (χ1v) is 14.4. The summed E-state index contributed by atoms with van der Waals surface area (Å²) in [5.74, 6) is -4.12. The van der Waals surface area contributed by atoms with E-state index < -0.39 is 40.0 Å². The molecule has 0 fully saturated rings. The van der Waals surface area contributed by atoms with Gasteiger partial charge in [-0.2, -0.15) is 8.78 Å². The Hall–Kier alpha value is -4.23. The summed E-state index contributed by atoms with van der Waals surface area (Å²) < 4.78 is 92.4. The molecule has 0 spiro atoms. The number of hydrogen-bond donors (Lipinski definition) is 0. The number of aryl methyl sites for hydroxylation is 1. The van der Waals surface area contributed by atoms with Crippen molar-refractivity contribution in [1.29, 1.82) is 0 Å². The van der Waals surface area contributed by atoms with Crippen molar-refractivity contribution < 1.29 is 31.1 Å². The van der Waals surface area contributed by atoms with Crippen molar-refractivity contribution in [2.24, 2.45) is 0 Å². The van der Waals surface area contributed by atoms with E-state index >= 15 is 8.78 Å². The van der Waals surface area contributed by atoms with Crippen molar-refractivity contribution in [3.8, 4) is 39.1 Å². The smallest absolute Gasteiger partial charge is 0.429 e. The Morgan fingerprint density at radius 1 is 0.591 bits per heavy atom. The molecule has 5 aromatic carbocycles. The average Bonchev–Trinajstić information content (AvgIpc) is 3.00. The highest BCUT2D eigenvalue weighted by Crippen LogP contribution is 2.36. The minimum atomic E-state index is -3.97. The molecule has 0 atom stereocenters. The lowest BCUT2D eigenvalue weighted by molar-refractivity contribution is -0.187. The molecule has 0 aromatic heterocycles. The summed E-state index contributed by atoms with van der Waals surface area (Å²) in [4.78, 5) is 0. The molecule has 0 saturated carbocycles. The highest BCUT2D eigenvalue weighted by Gasteiger charge is 2.37. The molecule has 0 aliphatic carbocycles. The van der Waals surface area contributed by atoms with E-state index in [4.69, 9.17) is 16.3 Å². The van der Waals surface area contributed by atoms with E-state index in [0.29, 0.717) is 22.3 Å². The lowest BCUT2D eigenvalue weighted by atomic mass is 9.99. The normalized spacial score (nSPS) is 11.5. The molecule has 0 saturated heterocycles. The summed E-state index contributed by atoms with van der Waals surface area (Å²) in [7, 11) is 0. The fourth-order valence-corrected chi connectivity index (χ4v) is 5.04. The third-order valence-corrected chi connectivity index (χ3v) is 7.70. The first-order chi connectivity index (χ1) is 21.1. The molecule has 0 amide bonds. The molecule has 0 N–H and O–H groups in total. The summed E-state index contributed by atoms with van der Waals surface area (Å²) in [5.41, 5.74) is 2.21. The average molecular weight is 625 g/mol. The van der Waals surface area contributed by atoms with Crippen molar-refractivity contribution in [2.45, 2.75) is 38.7 Å². The SMILES string of the molecule is CCCCCc1ccc(-c2ccc(C(F)(F)Oc3ccc(-c4ccc(-c5cc(F)c(Cl)c(F)c5)c(F)c4)cc3)c(F)c2)cc1. The van der Waals surface area contributed by atoms with Crippen LogP contribution in [0.1, 0.15) is 37.3 Å². The van der Waals surface area contributed by atoms with Gasteiger partial charge in [0, 0.05) is 5.56 Å². The van der Waals surface area contributed by atoms with E-state index in [1.54, 1.807) is 0 Å². The second-order valence-electron chi connectivity index (χ2n) is 10.4. The molecular formula is C36H27ClF6O. The maximum Gasteiger partial charge on any atom is 0.429 e. The third-order valence-electron chi connectivity index (χ3n) is 7.34. The van der Waals surface area contributed by atoms with Crippen molar-refractivity contribution in [2.75, 3.05) is 0 Å². The number of rotatable bonds is 10. The van der Waals surface area contributed by atoms with Gasteiger partial charge in [0.05, 0.1) is 5.56 Å². The molecule has 5 rings (SSSR count). The Bertz CT molecular complexity index is 1740. The predicted octanol–water partition coefficient (Wildman–Crippen LogP) is 11.8. The Morgan fingerprint density at radius 2 is 1.11 bits per heavy atom. The molecule has 226 valence electrons. The van der Waals surface area contributed by atoms with Gasteiger partial charge in [0.25, 0.3) is 0 Å². The highest BCUT2D eigenvalue weighted by atomic mass is 35.5. The number of benzene rings is 5. The first-order valence-electron chi connectivity index (χ1n) is 14.1. The van der Waals surface area contributed by atoms with E-state index in [2.05, 4.69) is 6.92 Å². The Kier molecular flexibility index (Phi) is 9.35. The van der Waals surface area contributed by atoms with E-state index in [-0.39, 0.29) is 16.9 Å². The second-order valence-corrected chi connectivity index (χ2v) is 10.8. The van der Waals surface area contributed by atoms with E-state index in [0.717, 1.165) is 56.0 Å². The molecule has 0 aliphatic heterocycles. The summed E-state index contributed by atoms with van der Waals surface area (Å²) in [6, 6.07) is 22.4. The van der Waals surface area contributed by atoms with Crippen LogP contribution in [-0.2, 0) is 12.5 Å². The Labute approximate surface area is 256 Å². The molecule has 8 heteroatoms. The maximum atomic E-state index is 15.0. The third kappa shape index (κ3) is 6.94. The highest BCUT2D eigenvalue weighted by molar-refractivity contribution is 6.31. The van der Waals surface area contributed by atoms with Crippen LogP contribution >= 0.6 is 11.6 Å². The van der Waals surface area contributed by atoms with Gasteiger partial charge >= 0.3 is 6.11 Å². The van der Waals surface area contributed by atoms with Gasteiger partial charge in [-0.3, -0.25) is 0 Å². The molecule has 0 aliphatic rings. The fraction of sp³-hybridized carbons (Fsp3) is 0.167. The van der Waals surface area contributed by atoms with Gasteiger partial charge in [0.1, 0.15) is 34.0 Å². The van der Waals surface area contributed by atoms with Crippen LogP contribution in [0.2, 0.25) is 5.02 Å². The van der Waals surface area contributed by atoms with Gasteiger partial charge < -0.3 is 4.74 Å². The zero-order valence-electron chi connectivity index (χ0n) is 23.6. The van der Waals surface area contributed by atoms with Crippen molar-refractivity contribution >= 4 is 11.6 Å². The molecule has 0 bridgehead atoms. The molecule has 44 heavy (non-hydrogen) atoms. The zero-order valence-corrected chi connectivity index (χ0v) is 24.4. The van der Waals surface area contributed by atoms with Crippen LogP contribution < -0.4 is 4.74 Å². The van der Waals surface area contributed by atoms with Gasteiger partial charge in [-0.25, -0.2) is 17.6 Å². The fourth-order valence-electron chi connectivity index (χ4n) is 4.93. The largest absolute Gasteiger partial charge is 0.429 e. The van der Waals surface area contributed by atoms with Crippen LogP contribution in [-0.4, -0.2) is 0 Å². The number of unbranched alkanes of at least 4 members (excludes halogenated alkanes) is 2. The van der Waals surface area contributed by atoms with Crippen molar-refractivity contribution in [1.82, 2.24) is 0 Å². The van der Waals surface area contributed by atoms with Gasteiger partial charge in [-0.15, -0.1) is 0 Å². The summed E-state index contributed by atoms with van der Waals surface area (Å²) in [5, 5.41) is -0.683. The Morgan fingerprint density at radius 3 is 1.68 bits per heavy atom. The predicted molar refractivity (Wildman–Crippen MR) is 162 cm³/mol. The lowest BCUT2D eigenvalue weighted by Gasteiger charge is -2.19. The zero-order chi connectivity index (χ0) is 31.4. The summed E-state index contributed by atoms with van der Waals surface area (Å²) in [6.07, 6.45) is 0.332. The van der Waals surface area contributed by atoms with E-state index in [1.807, 2.05) is 24.3 Å². The summed E-state index contributed by atoms with van der Waals surface area (Å²) in [6.45, 7) is 2.14. The monoisotopic (exact) mass is 624 g/mol. The minimum Gasteiger partial charge on any atom is -0.429 e. The van der Waals surface area contributed by atoms with Crippen LogP contribution in [0.5, 0.6) is 5.75 Å². The van der Waals surface area contributed by atoms with Crippen LogP contribution in [0.3, 0.4) is 0 Å². The van der Waals surface area contributed by atoms with Gasteiger partial charge in [-0.1, -0.05) is 86.0 Å². The molecule has 5 aromatic rings. The summed E-state index contributed by atoms with van der Waals surface area (Å²) >= 11 is 5.51. The molecule has 0 heterocycles. The van der Waals surface area contributed by atoms with Gasteiger partial charge in [0.2, 0.25) is 0 Å². The molecular weight excluding hydrogens is 598 g/mol. The van der Waals surface area contributed by atoms with Crippen LogP contribution in [0, 0.1) is 23.3 Å². The number of hydrogen-bond acceptors (Lipinski definition) is 1. The van der Waals surface area contributed by atoms with Crippen molar-refractivity contribution in [3.63, 3.8) is 0 Å². The quantitative estimate of drug-likeness (QED) is 0.0853. The van der Waals surface area contributed by atoms with Gasteiger partial charge in [-0.05, 0) is 88.7 Å². The molecule has 0 radical (unpaired) electrons. The molecule has 0 unspecified atom stereocenters. The first kappa shape index (κ1) is 31.2. The standard InChI is InChI=1S/C36H27ClF6O/c1-2-3-4-5-22-6-8-23(9-7-22)26-13-17-30(32(39)19-26)36(42,43)44-28-14-10-24(11-15-28)25-12-16-29(31(38)18-25)27-20-33(40)35(37)34(41)21-27/h6-21H,2-5H2,1H3. The van der Waals surface area contributed by atoms with Crippen molar-refractivity contribution in [3.05, 3.63) is 136 Å².